The molecule has 1 aliphatic rings. The number of halogens is 1. The van der Waals surface area contributed by atoms with Crippen molar-refractivity contribution in [2.45, 2.75) is 18.9 Å². The van der Waals surface area contributed by atoms with Crippen molar-refractivity contribution < 1.29 is 18.7 Å². The largest absolute Gasteiger partial charge is 0.411 e. The van der Waals surface area contributed by atoms with Gasteiger partial charge < -0.3 is 15.8 Å². The molecule has 1 saturated heterocycles. The third kappa shape index (κ3) is 4.55. The van der Waals surface area contributed by atoms with E-state index in [9.17, 15) is 14.0 Å². The molecule has 3 aromatic rings. The molecule has 153 valence electrons. The maximum absolute atomic E-state index is 13.4. The summed E-state index contributed by atoms with van der Waals surface area (Å²) in [6, 6.07) is 12.7. The van der Waals surface area contributed by atoms with E-state index in [-0.39, 0.29) is 17.6 Å². The standard InChI is InChI=1S/C22H19FN3O3S/c23-15-7-3-13(4-8-15)20-19(18(27)12-16-2-1-11-25-16)26-21(30-20)14-5-9-17(10-6-14)29-22(24)28/h3-10,12,16,25H,1-2,11H2,(H2,24,28). The lowest BCUT2D eigenvalue weighted by atomic mass is 10.0. The van der Waals surface area contributed by atoms with Crippen LogP contribution in [0.15, 0.2) is 48.5 Å². The van der Waals surface area contributed by atoms with E-state index >= 15 is 0 Å². The monoisotopic (exact) mass is 424 g/mol. The number of thiazole rings is 1. The van der Waals surface area contributed by atoms with Crippen LogP contribution in [0.2, 0.25) is 0 Å². The molecule has 3 N–H and O–H groups in total. The molecule has 1 aromatic heterocycles. The van der Waals surface area contributed by atoms with Gasteiger partial charge in [0.25, 0.3) is 0 Å². The van der Waals surface area contributed by atoms with Crippen molar-refractivity contribution in [2.24, 2.45) is 5.73 Å². The quantitative estimate of drug-likeness (QED) is 0.578. The topological polar surface area (TPSA) is 94.3 Å². The maximum Gasteiger partial charge on any atom is 0.409 e. The van der Waals surface area contributed by atoms with Crippen LogP contribution in [0.25, 0.3) is 21.0 Å². The Bertz CT molecular complexity index is 1060. The van der Waals surface area contributed by atoms with Crippen molar-refractivity contribution in [3.63, 3.8) is 0 Å². The number of nitrogens with one attached hydrogen (secondary N) is 1. The number of amides is 1. The van der Waals surface area contributed by atoms with Gasteiger partial charge in [-0.05, 0) is 61.3 Å². The first-order valence-electron chi connectivity index (χ1n) is 9.46. The summed E-state index contributed by atoms with van der Waals surface area (Å²) in [5.41, 5.74) is 6.86. The zero-order valence-corrected chi connectivity index (χ0v) is 16.7. The number of carbonyl (C=O) groups excluding carboxylic acids is 2. The minimum Gasteiger partial charge on any atom is -0.411 e. The number of benzene rings is 2. The molecule has 1 amide bonds. The number of hydrogen-bond acceptors (Lipinski definition) is 6. The molecule has 1 aliphatic heterocycles. The van der Waals surface area contributed by atoms with Crippen LogP contribution in [-0.4, -0.2) is 29.4 Å². The van der Waals surface area contributed by atoms with Gasteiger partial charge in [0.2, 0.25) is 0 Å². The minimum atomic E-state index is -0.889. The Balaban J connectivity index is 1.68. The molecule has 1 unspecified atom stereocenters. The van der Waals surface area contributed by atoms with Gasteiger partial charge >= 0.3 is 6.09 Å². The number of hydrogen-bond donors (Lipinski definition) is 2. The summed E-state index contributed by atoms with van der Waals surface area (Å²) in [6.07, 6.45) is 2.72. The summed E-state index contributed by atoms with van der Waals surface area (Å²) in [7, 11) is 0. The Labute approximate surface area is 176 Å². The molecule has 0 bridgehead atoms. The van der Waals surface area contributed by atoms with Crippen LogP contribution in [0.4, 0.5) is 9.18 Å². The van der Waals surface area contributed by atoms with Crippen LogP contribution in [0, 0.1) is 12.2 Å². The van der Waals surface area contributed by atoms with Crippen LogP contribution in [0.3, 0.4) is 0 Å². The number of nitrogens with two attached hydrogens (primary N) is 1. The van der Waals surface area contributed by atoms with Crippen molar-refractivity contribution in [1.82, 2.24) is 10.3 Å². The number of nitrogens with zero attached hydrogens (tertiary/aromatic N) is 1. The molecule has 0 spiro atoms. The van der Waals surface area contributed by atoms with Crippen LogP contribution in [0.1, 0.15) is 23.3 Å². The molecular weight excluding hydrogens is 405 g/mol. The second-order valence-corrected chi connectivity index (χ2v) is 7.88. The first kappa shape index (κ1) is 20.2. The molecular formula is C22H19FN3O3S. The van der Waals surface area contributed by atoms with Crippen molar-refractivity contribution in [3.8, 4) is 26.8 Å². The maximum atomic E-state index is 13.4. The summed E-state index contributed by atoms with van der Waals surface area (Å²) in [5.74, 6) is -0.188. The van der Waals surface area contributed by atoms with Gasteiger partial charge in [-0.3, -0.25) is 4.79 Å². The molecule has 0 saturated carbocycles. The summed E-state index contributed by atoms with van der Waals surface area (Å²) in [6.45, 7) is 0.890. The lowest BCUT2D eigenvalue weighted by molar-refractivity contribution is 0.101. The Morgan fingerprint density at radius 2 is 1.83 bits per heavy atom. The third-order valence-corrected chi connectivity index (χ3v) is 5.89. The lowest BCUT2D eigenvalue weighted by Gasteiger charge is -2.08. The average Bonchev–Trinajstić information content (AvgIpc) is 3.39. The molecule has 1 atom stereocenters. The molecule has 0 aliphatic carbocycles. The predicted molar refractivity (Wildman–Crippen MR) is 113 cm³/mol. The molecule has 2 aromatic carbocycles. The molecule has 30 heavy (non-hydrogen) atoms. The zero-order valence-electron chi connectivity index (χ0n) is 15.9. The van der Waals surface area contributed by atoms with Gasteiger partial charge in [-0.2, -0.15) is 0 Å². The number of ketones is 1. The third-order valence-electron chi connectivity index (χ3n) is 4.74. The van der Waals surface area contributed by atoms with Gasteiger partial charge in [0, 0.05) is 11.6 Å². The van der Waals surface area contributed by atoms with Crippen molar-refractivity contribution >= 4 is 23.2 Å². The number of primary amides is 1. The average molecular weight is 424 g/mol. The van der Waals surface area contributed by atoms with Crippen LogP contribution < -0.4 is 15.8 Å². The molecule has 1 fully saturated rings. The van der Waals surface area contributed by atoms with Crippen molar-refractivity contribution in [2.75, 3.05) is 6.54 Å². The van der Waals surface area contributed by atoms with Gasteiger partial charge in [0.05, 0.1) is 11.3 Å². The molecule has 6 nitrogen and oxygen atoms in total. The smallest absolute Gasteiger partial charge is 0.409 e. The SMILES string of the molecule is NC(=O)Oc1ccc(-c2nc(C(=O)[CH]C3CCCN3)c(-c3ccc(F)cc3)s2)cc1. The second-order valence-electron chi connectivity index (χ2n) is 6.88. The van der Waals surface area contributed by atoms with E-state index in [4.69, 9.17) is 10.5 Å². The van der Waals surface area contributed by atoms with Crippen molar-refractivity contribution in [3.05, 3.63) is 66.5 Å². The van der Waals surface area contributed by atoms with Gasteiger partial charge in [-0.1, -0.05) is 12.1 Å². The highest BCUT2D eigenvalue weighted by Crippen LogP contribution is 2.37. The van der Waals surface area contributed by atoms with Gasteiger partial charge in [0.15, 0.2) is 5.78 Å². The zero-order chi connectivity index (χ0) is 21.1. The van der Waals surface area contributed by atoms with E-state index < -0.39 is 6.09 Å². The van der Waals surface area contributed by atoms with Gasteiger partial charge in [0.1, 0.15) is 22.3 Å². The highest BCUT2D eigenvalue weighted by Gasteiger charge is 2.25. The molecule has 2 heterocycles. The Kier molecular flexibility index (Phi) is 5.87. The van der Waals surface area contributed by atoms with E-state index in [0.717, 1.165) is 30.5 Å². The first-order valence-corrected chi connectivity index (χ1v) is 10.3. The van der Waals surface area contributed by atoms with E-state index in [0.29, 0.717) is 21.3 Å². The van der Waals surface area contributed by atoms with E-state index in [1.807, 2.05) is 0 Å². The number of ether oxygens (including phenoxy) is 1. The lowest BCUT2D eigenvalue weighted by Crippen LogP contribution is -2.25. The predicted octanol–water partition coefficient (Wildman–Crippen LogP) is 4.21. The van der Waals surface area contributed by atoms with Crippen LogP contribution in [0.5, 0.6) is 5.75 Å². The fourth-order valence-electron chi connectivity index (χ4n) is 3.30. The highest BCUT2D eigenvalue weighted by atomic mass is 32.1. The Morgan fingerprint density at radius 3 is 2.47 bits per heavy atom. The first-order chi connectivity index (χ1) is 14.5. The highest BCUT2D eigenvalue weighted by molar-refractivity contribution is 7.18. The normalized spacial score (nSPS) is 15.8. The molecule has 4 rings (SSSR count). The minimum absolute atomic E-state index is 0.0361. The van der Waals surface area contributed by atoms with E-state index in [1.54, 1.807) is 42.8 Å². The van der Waals surface area contributed by atoms with E-state index in [2.05, 4.69) is 10.3 Å². The Morgan fingerprint density at radius 1 is 1.13 bits per heavy atom. The van der Waals surface area contributed by atoms with E-state index in [1.165, 1.54) is 23.5 Å². The summed E-state index contributed by atoms with van der Waals surface area (Å²) < 4.78 is 18.2. The van der Waals surface area contributed by atoms with Crippen LogP contribution >= 0.6 is 11.3 Å². The fraction of sp³-hybridized carbons (Fsp3) is 0.182. The summed E-state index contributed by atoms with van der Waals surface area (Å²) in [4.78, 5) is 29.1. The number of aromatic nitrogens is 1. The fourth-order valence-corrected chi connectivity index (χ4v) is 4.39. The summed E-state index contributed by atoms with van der Waals surface area (Å²) in [5, 5.41) is 3.92. The van der Waals surface area contributed by atoms with Crippen molar-refractivity contribution in [1.29, 1.82) is 0 Å². The molecule has 8 heteroatoms. The second kappa shape index (κ2) is 8.73. The van der Waals surface area contributed by atoms with Gasteiger partial charge in [-0.25, -0.2) is 14.2 Å². The molecule has 1 radical (unpaired) electrons. The number of rotatable bonds is 6. The number of Topliss-reactive ketones (excluding diaryl/α,β-unsaturated/α-hetero) is 1. The summed E-state index contributed by atoms with van der Waals surface area (Å²) >= 11 is 1.35. The van der Waals surface area contributed by atoms with Gasteiger partial charge in [-0.15, -0.1) is 11.3 Å². The number of carbonyl (C=O) groups is 2. The Hall–Kier alpha value is -3.10. The van der Waals surface area contributed by atoms with Crippen LogP contribution in [-0.2, 0) is 0 Å².